The molecule has 92 valence electrons. The summed E-state index contributed by atoms with van der Waals surface area (Å²) < 4.78 is 5.27. The number of furan rings is 1. The Kier molecular flexibility index (Phi) is 2.17. The van der Waals surface area contributed by atoms with Gasteiger partial charge in [-0.3, -0.25) is 0 Å². The van der Waals surface area contributed by atoms with Gasteiger partial charge in [0.25, 0.3) is 0 Å². The predicted octanol–water partition coefficient (Wildman–Crippen LogP) is 3.22. The van der Waals surface area contributed by atoms with Crippen LogP contribution < -0.4 is 5.32 Å². The van der Waals surface area contributed by atoms with Crippen molar-refractivity contribution in [3.63, 3.8) is 0 Å². The fourth-order valence-corrected chi connectivity index (χ4v) is 4.99. The van der Waals surface area contributed by atoms with E-state index in [9.17, 15) is 0 Å². The van der Waals surface area contributed by atoms with Gasteiger partial charge in [0.05, 0.1) is 12.5 Å². The minimum absolute atomic E-state index is 0.553. The molecule has 1 N–H and O–H groups in total. The summed E-state index contributed by atoms with van der Waals surface area (Å²) in [4.78, 5) is 0. The fourth-order valence-electron chi connectivity index (χ4n) is 4.99. The Morgan fingerprint density at radius 1 is 1.35 bits per heavy atom. The molecule has 0 amide bonds. The van der Waals surface area contributed by atoms with Gasteiger partial charge in [0.1, 0.15) is 0 Å². The maximum Gasteiger partial charge on any atom is 0.0950 e. The Hall–Kier alpha value is -0.760. The second-order valence-electron chi connectivity index (χ2n) is 6.16. The monoisotopic (exact) mass is 231 g/mol. The van der Waals surface area contributed by atoms with Gasteiger partial charge >= 0.3 is 0 Å². The van der Waals surface area contributed by atoms with Crippen LogP contribution in [0.5, 0.6) is 0 Å². The van der Waals surface area contributed by atoms with Gasteiger partial charge in [-0.1, -0.05) is 6.92 Å². The van der Waals surface area contributed by atoms with Crippen LogP contribution in [-0.2, 0) is 0 Å². The molecule has 2 heteroatoms. The van der Waals surface area contributed by atoms with Crippen molar-refractivity contribution in [1.29, 1.82) is 0 Å². The maximum atomic E-state index is 5.27. The van der Waals surface area contributed by atoms with Crippen molar-refractivity contribution in [3.05, 3.63) is 24.2 Å². The van der Waals surface area contributed by atoms with Crippen LogP contribution in [0, 0.1) is 29.6 Å². The first-order valence-corrected chi connectivity index (χ1v) is 7.15. The topological polar surface area (TPSA) is 25.2 Å². The molecule has 17 heavy (non-hydrogen) atoms. The molecule has 1 aromatic heterocycles. The van der Waals surface area contributed by atoms with Gasteiger partial charge in [-0.2, -0.15) is 0 Å². The Labute approximate surface area is 103 Å². The largest absolute Gasteiger partial charge is 0.472 e. The molecule has 2 nitrogen and oxygen atoms in total. The fraction of sp³-hybridized carbons (Fsp3) is 0.733. The maximum absolute atomic E-state index is 5.27. The normalized spacial score (nSPS) is 43.7. The van der Waals surface area contributed by atoms with Gasteiger partial charge in [-0.05, 0) is 61.5 Å². The highest BCUT2D eigenvalue weighted by Gasteiger charge is 2.66. The lowest BCUT2D eigenvalue weighted by molar-refractivity contribution is 0.372. The minimum Gasteiger partial charge on any atom is -0.472 e. The Morgan fingerprint density at radius 3 is 2.71 bits per heavy atom. The van der Waals surface area contributed by atoms with E-state index in [2.05, 4.69) is 18.3 Å². The van der Waals surface area contributed by atoms with Crippen LogP contribution >= 0.6 is 0 Å². The van der Waals surface area contributed by atoms with E-state index in [4.69, 9.17) is 4.42 Å². The summed E-state index contributed by atoms with van der Waals surface area (Å²) in [6, 6.07) is 2.70. The number of rotatable bonds is 4. The van der Waals surface area contributed by atoms with Gasteiger partial charge in [0.2, 0.25) is 0 Å². The summed E-state index contributed by atoms with van der Waals surface area (Å²) in [6.45, 7) is 3.26. The van der Waals surface area contributed by atoms with Gasteiger partial charge in [0, 0.05) is 11.6 Å². The van der Waals surface area contributed by atoms with Crippen molar-refractivity contribution in [2.24, 2.45) is 29.6 Å². The van der Waals surface area contributed by atoms with E-state index in [-0.39, 0.29) is 0 Å². The van der Waals surface area contributed by atoms with Gasteiger partial charge in [0.15, 0.2) is 0 Å². The first-order chi connectivity index (χ1) is 8.40. The number of hydrogen-bond acceptors (Lipinski definition) is 2. The molecule has 0 aliphatic heterocycles. The Morgan fingerprint density at radius 2 is 2.12 bits per heavy atom. The summed E-state index contributed by atoms with van der Waals surface area (Å²) in [5.74, 6) is 5.09. The highest BCUT2D eigenvalue weighted by molar-refractivity contribution is 5.23. The average Bonchev–Trinajstić information content (AvgIpc) is 2.82. The van der Waals surface area contributed by atoms with Crippen LogP contribution in [0.1, 0.15) is 37.8 Å². The molecule has 0 saturated heterocycles. The van der Waals surface area contributed by atoms with E-state index < -0.39 is 0 Å². The summed E-state index contributed by atoms with van der Waals surface area (Å²) in [5.41, 5.74) is 1.37. The quantitative estimate of drug-likeness (QED) is 0.860. The molecule has 0 spiro atoms. The minimum atomic E-state index is 0.553. The van der Waals surface area contributed by atoms with Crippen LogP contribution in [0.3, 0.4) is 0 Å². The van der Waals surface area contributed by atoms with E-state index >= 15 is 0 Å². The van der Waals surface area contributed by atoms with E-state index in [1.54, 1.807) is 0 Å². The number of fused-ring (bicyclic) bond motifs is 5. The second-order valence-corrected chi connectivity index (χ2v) is 6.16. The number of hydrogen-bond donors (Lipinski definition) is 1. The lowest BCUT2D eigenvalue weighted by Crippen LogP contribution is -2.25. The third-order valence-corrected chi connectivity index (χ3v) is 5.51. The van der Waals surface area contributed by atoms with E-state index in [0.717, 1.165) is 36.1 Å². The number of nitrogens with one attached hydrogen (secondary N) is 1. The van der Waals surface area contributed by atoms with Crippen molar-refractivity contribution in [1.82, 2.24) is 5.32 Å². The molecule has 1 heterocycles. The van der Waals surface area contributed by atoms with Crippen molar-refractivity contribution in [2.45, 2.75) is 32.2 Å². The van der Waals surface area contributed by atoms with Crippen molar-refractivity contribution in [2.75, 3.05) is 6.54 Å². The lowest BCUT2D eigenvalue weighted by atomic mass is 9.94. The molecule has 5 unspecified atom stereocenters. The molecule has 0 radical (unpaired) electrons. The summed E-state index contributed by atoms with van der Waals surface area (Å²) in [7, 11) is 0. The van der Waals surface area contributed by atoms with Crippen LogP contribution in [0.25, 0.3) is 0 Å². The smallest absolute Gasteiger partial charge is 0.0950 e. The molecule has 3 aliphatic carbocycles. The summed E-state index contributed by atoms with van der Waals surface area (Å²) >= 11 is 0. The van der Waals surface area contributed by atoms with E-state index in [0.29, 0.717) is 6.04 Å². The SMILES string of the molecule is CCNC(c1ccoc1)C1C2C3CCC(C3)C21. The van der Waals surface area contributed by atoms with Crippen LogP contribution in [0.2, 0.25) is 0 Å². The molecule has 5 atom stereocenters. The average molecular weight is 231 g/mol. The van der Waals surface area contributed by atoms with E-state index in [1.165, 1.54) is 24.8 Å². The molecule has 3 aliphatic rings. The third-order valence-electron chi connectivity index (χ3n) is 5.51. The molecule has 1 aromatic rings. The zero-order valence-corrected chi connectivity index (χ0v) is 10.4. The Balaban J connectivity index is 1.57. The predicted molar refractivity (Wildman–Crippen MR) is 66.4 cm³/mol. The molecule has 3 saturated carbocycles. The lowest BCUT2D eigenvalue weighted by Gasteiger charge is -2.20. The van der Waals surface area contributed by atoms with Crippen LogP contribution in [0.15, 0.2) is 23.0 Å². The van der Waals surface area contributed by atoms with Gasteiger partial charge in [-0.15, -0.1) is 0 Å². The first kappa shape index (κ1) is 10.2. The van der Waals surface area contributed by atoms with Crippen LogP contribution in [-0.4, -0.2) is 6.54 Å². The highest BCUT2D eigenvalue weighted by Crippen LogP contribution is 2.72. The summed E-state index contributed by atoms with van der Waals surface area (Å²) in [6.07, 6.45) is 8.30. The molecular weight excluding hydrogens is 210 g/mol. The van der Waals surface area contributed by atoms with Gasteiger partial charge in [-0.25, -0.2) is 0 Å². The molecule has 0 aromatic carbocycles. The second kappa shape index (κ2) is 3.61. The molecule has 3 fully saturated rings. The first-order valence-electron chi connectivity index (χ1n) is 7.15. The zero-order valence-electron chi connectivity index (χ0n) is 10.4. The standard InChI is InChI=1S/C15H21NO/c1-2-16-15(11-5-6-17-8-11)14-12-9-3-4-10(7-9)13(12)14/h5-6,8-10,12-16H,2-4,7H2,1H3. The molecular formula is C15H21NO. The summed E-state index contributed by atoms with van der Waals surface area (Å²) in [5, 5.41) is 3.68. The van der Waals surface area contributed by atoms with Crippen LogP contribution in [0.4, 0.5) is 0 Å². The Bertz CT molecular complexity index is 383. The molecule has 2 bridgehead atoms. The van der Waals surface area contributed by atoms with Crippen molar-refractivity contribution < 1.29 is 4.42 Å². The van der Waals surface area contributed by atoms with Crippen molar-refractivity contribution in [3.8, 4) is 0 Å². The van der Waals surface area contributed by atoms with E-state index in [1.807, 2.05) is 12.5 Å². The van der Waals surface area contributed by atoms with Crippen molar-refractivity contribution >= 4 is 0 Å². The highest BCUT2D eigenvalue weighted by atomic mass is 16.3. The van der Waals surface area contributed by atoms with Gasteiger partial charge < -0.3 is 9.73 Å². The third kappa shape index (κ3) is 1.36. The molecule has 4 rings (SSSR count). The zero-order chi connectivity index (χ0) is 11.4.